The van der Waals surface area contributed by atoms with Crippen LogP contribution >= 0.6 is 0 Å². The Morgan fingerprint density at radius 1 is 0.680 bits per heavy atom. The lowest BCUT2D eigenvalue weighted by Gasteiger charge is -2.54. The largest absolute Gasteiger partial charge is 0.383 e. The number of piperidine rings is 4. The van der Waals surface area contributed by atoms with Gasteiger partial charge in [0.2, 0.25) is 0 Å². The van der Waals surface area contributed by atoms with Crippen molar-refractivity contribution >= 4 is 12.1 Å². The molecule has 0 aliphatic carbocycles. The molecule has 0 unspecified atom stereocenters. The monoisotopic (exact) mass is 1060 g/mol. The van der Waals surface area contributed by atoms with E-state index in [0.717, 1.165) is 18.5 Å². The highest BCUT2D eigenvalue weighted by molar-refractivity contribution is 5.75. The number of aryl methyl sites for hydroxylation is 1. The van der Waals surface area contributed by atoms with Crippen LogP contribution in [-0.4, -0.2) is 180 Å². The number of aromatic nitrogens is 3. The van der Waals surface area contributed by atoms with Crippen molar-refractivity contribution in [1.29, 1.82) is 0 Å². The molecular formula is C54H106N14O7. The Morgan fingerprint density at radius 2 is 1.00 bits per heavy atom. The molecule has 1 aromatic heterocycles. The van der Waals surface area contributed by atoms with Crippen molar-refractivity contribution in [3.05, 3.63) is 22.3 Å². The van der Waals surface area contributed by atoms with Gasteiger partial charge in [-0.15, -0.1) is 17.4 Å². The van der Waals surface area contributed by atoms with E-state index in [4.69, 9.17) is 16.7 Å². The first-order valence-corrected chi connectivity index (χ1v) is 26.3. The van der Waals surface area contributed by atoms with Crippen LogP contribution in [0, 0.1) is 12.3 Å². The van der Waals surface area contributed by atoms with Gasteiger partial charge in [-0.3, -0.25) is 0 Å². The highest BCUT2D eigenvalue weighted by Crippen LogP contribution is 2.42. The Labute approximate surface area is 452 Å². The molecule has 21 nitrogen and oxygen atoms in total. The van der Waals surface area contributed by atoms with Gasteiger partial charge in [-0.2, -0.15) is 20.3 Å². The summed E-state index contributed by atoms with van der Waals surface area (Å²) in [5, 5.41) is 66.5. The summed E-state index contributed by atoms with van der Waals surface area (Å²) in [5.41, 5.74) is 4.64. The van der Waals surface area contributed by atoms with Gasteiger partial charge in [0.1, 0.15) is 0 Å². The van der Waals surface area contributed by atoms with Crippen molar-refractivity contribution in [2.45, 2.75) is 278 Å². The second-order valence-electron chi connectivity index (χ2n) is 26.0. The number of carbonyl (C=O) groups excluding carboxylic acids is 2. The van der Waals surface area contributed by atoms with E-state index in [9.17, 15) is 30.4 Å². The van der Waals surface area contributed by atoms with E-state index in [1.807, 2.05) is 127 Å². The lowest BCUT2D eigenvalue weighted by Crippen LogP contribution is -2.66. The standard InChI is InChI=1S/C27H51N7O4.C24H44N4O3.CH3N3.2CH4/c1-24(2)15-21(16-25(3,4)33(24)36)28-23(35)32(22-17-26(5,6)34(37)27(7,8)18-22)12-10-11-20-19-31(30-29-20)13-14-38-9;1-10-11-12-13-26(19-16-23(6,7)28(31)24(8,9)17-19)20(29)25-18-14-21(2,3)27(30)22(4,5)15-18;1-3-4-2;;/h19,21-22,36-37H,10-18H2,1-9H3,(H,28,35);1,18-19,30-31H,11-17H2,2-9H3,(H,25,29);1H3;2*1H4. The number of methoxy groups -OCH3 is 1. The molecule has 75 heavy (non-hydrogen) atoms. The number of hydrogen-bond acceptors (Lipinski definition) is 14. The first kappa shape index (κ1) is 69.2. The lowest BCUT2D eigenvalue weighted by molar-refractivity contribution is -0.250. The van der Waals surface area contributed by atoms with Gasteiger partial charge in [-0.05, 0) is 187 Å². The summed E-state index contributed by atoms with van der Waals surface area (Å²) in [7, 11) is 3.05. The molecule has 4 saturated heterocycles. The second-order valence-corrected chi connectivity index (χ2v) is 26.0. The van der Waals surface area contributed by atoms with Crippen LogP contribution in [0.5, 0.6) is 0 Å². The first-order chi connectivity index (χ1) is 33.4. The Kier molecular flexibility index (Phi) is 25.1. The fourth-order valence-corrected chi connectivity index (χ4v) is 12.6. The summed E-state index contributed by atoms with van der Waals surface area (Å²) in [6, 6.07) is -0.277. The smallest absolute Gasteiger partial charge is 0.317 e. The third-order valence-corrected chi connectivity index (χ3v) is 15.3. The number of hydrogen-bond donors (Lipinski definition) is 6. The van der Waals surface area contributed by atoms with Gasteiger partial charge in [0.05, 0.1) is 18.8 Å². The fourth-order valence-electron chi connectivity index (χ4n) is 12.6. The Morgan fingerprint density at radius 3 is 1.31 bits per heavy atom. The number of unbranched alkanes of at least 4 members (excludes halogenated alkanes) is 1. The number of nitrogens with zero attached hydrogens (tertiary/aromatic N) is 12. The predicted molar refractivity (Wildman–Crippen MR) is 297 cm³/mol. The van der Waals surface area contributed by atoms with E-state index in [0.29, 0.717) is 90.4 Å². The molecule has 4 amide bonds. The number of carbonyl (C=O) groups is 2. The van der Waals surface area contributed by atoms with Crippen molar-refractivity contribution in [1.82, 2.24) is 55.7 Å². The molecular weight excluding hydrogens is 957 g/mol. The molecule has 0 aromatic carbocycles. The van der Waals surface area contributed by atoms with Crippen LogP contribution in [0.1, 0.15) is 202 Å². The topological polar surface area (TPSA) is 247 Å². The molecule has 5 heterocycles. The van der Waals surface area contributed by atoms with Gasteiger partial charge in [-0.25, -0.2) is 14.3 Å². The molecule has 1 aromatic rings. The van der Waals surface area contributed by atoms with E-state index in [2.05, 4.69) is 36.9 Å². The maximum atomic E-state index is 13.9. The number of amides is 4. The summed E-state index contributed by atoms with van der Waals surface area (Å²) < 4.78 is 6.90. The Bertz CT molecular complexity index is 1970. The van der Waals surface area contributed by atoms with Crippen LogP contribution < -0.4 is 10.6 Å². The number of nitrogens with one attached hydrogen (secondary N) is 2. The fraction of sp³-hybridized carbons (Fsp3) is 0.889. The number of ether oxygens (including phenoxy) is 1. The lowest BCUT2D eigenvalue weighted by atomic mass is 9.78. The molecule has 4 fully saturated rings. The minimum absolute atomic E-state index is 0. The highest BCUT2D eigenvalue weighted by Gasteiger charge is 2.51. The van der Waals surface area contributed by atoms with Crippen LogP contribution in [0.3, 0.4) is 0 Å². The minimum Gasteiger partial charge on any atom is -0.383 e. The van der Waals surface area contributed by atoms with Crippen molar-refractivity contribution in [2.24, 2.45) is 5.11 Å². The number of azide groups is 1. The maximum absolute atomic E-state index is 13.9. The van der Waals surface area contributed by atoms with Gasteiger partial charge < -0.3 is 46.0 Å². The number of terminal acetylenes is 1. The Hall–Kier alpha value is -3.81. The molecule has 21 heteroatoms. The Balaban J connectivity index is 0.000000694. The highest BCUT2D eigenvalue weighted by atomic mass is 16.5. The number of urea groups is 2. The first-order valence-electron chi connectivity index (χ1n) is 26.3. The molecule has 5 rings (SSSR count). The summed E-state index contributed by atoms with van der Waals surface area (Å²) >= 11 is 0. The molecule has 0 bridgehead atoms. The minimum atomic E-state index is -0.471. The zero-order valence-corrected chi connectivity index (χ0v) is 48.2. The van der Waals surface area contributed by atoms with Gasteiger partial charge in [-0.1, -0.05) is 25.2 Å². The van der Waals surface area contributed by atoms with Crippen LogP contribution in [0.15, 0.2) is 11.3 Å². The number of hydroxylamine groups is 8. The van der Waals surface area contributed by atoms with Crippen LogP contribution in [0.4, 0.5) is 9.59 Å². The zero-order chi connectivity index (χ0) is 55.8. The second kappa shape index (κ2) is 27.2. The third-order valence-electron chi connectivity index (χ3n) is 15.3. The zero-order valence-electron chi connectivity index (χ0n) is 48.2. The molecule has 4 aliphatic heterocycles. The molecule has 6 N–H and O–H groups in total. The van der Waals surface area contributed by atoms with E-state index < -0.39 is 44.3 Å². The predicted octanol–water partition coefficient (Wildman–Crippen LogP) is 10.1. The SMILES string of the molecule is C.C.C#CCCCN(C(=O)NC1CC(C)(C)N(O)C(C)(C)C1)C1CC(C)(C)N(O)C(C)(C)C1.CN=[N+]=[N-].COCCn1cc(CCCN(C(=O)NC2CC(C)(C)N(O)C(C)(C)C2)C2CC(C)(C)N(O)C(C)(C)C2)nn1. The van der Waals surface area contributed by atoms with Gasteiger partial charge in [0.25, 0.3) is 0 Å². The van der Waals surface area contributed by atoms with Crippen molar-refractivity contribution < 1.29 is 35.2 Å². The van der Waals surface area contributed by atoms with Gasteiger partial charge in [0, 0.05) is 113 Å². The van der Waals surface area contributed by atoms with Gasteiger partial charge >= 0.3 is 12.1 Å². The third kappa shape index (κ3) is 18.4. The van der Waals surface area contributed by atoms with Crippen molar-refractivity contribution in [3.8, 4) is 12.3 Å². The van der Waals surface area contributed by atoms with E-state index in [1.165, 1.54) is 27.3 Å². The summed E-state index contributed by atoms with van der Waals surface area (Å²) in [5.74, 6) is 2.67. The maximum Gasteiger partial charge on any atom is 0.317 e. The summed E-state index contributed by atoms with van der Waals surface area (Å²) in [4.78, 5) is 33.7. The van der Waals surface area contributed by atoms with Crippen LogP contribution in [0.2, 0.25) is 0 Å². The summed E-state index contributed by atoms with van der Waals surface area (Å²) in [6.45, 7) is 34.6. The molecule has 0 atom stereocenters. The van der Waals surface area contributed by atoms with Crippen LogP contribution in [0.25, 0.3) is 10.4 Å². The van der Waals surface area contributed by atoms with Crippen molar-refractivity contribution in [2.75, 3.05) is 33.9 Å². The molecule has 0 spiro atoms. The molecule has 0 saturated carbocycles. The van der Waals surface area contributed by atoms with Gasteiger partial charge in [0.15, 0.2) is 0 Å². The average molecular weight is 1060 g/mol. The molecule has 0 radical (unpaired) electrons. The van der Waals surface area contributed by atoms with Crippen LogP contribution in [-0.2, 0) is 17.7 Å². The van der Waals surface area contributed by atoms with Crippen molar-refractivity contribution in [3.63, 3.8) is 0 Å². The molecule has 4 aliphatic rings. The van der Waals surface area contributed by atoms with E-state index in [1.54, 1.807) is 11.8 Å². The molecule has 434 valence electrons. The van der Waals surface area contributed by atoms with E-state index in [-0.39, 0.29) is 51.1 Å². The average Bonchev–Trinajstić information content (AvgIpc) is 3.72. The summed E-state index contributed by atoms with van der Waals surface area (Å²) in [6.07, 6.45) is 15.6. The normalized spacial score (nSPS) is 23.2. The van der Waals surface area contributed by atoms with E-state index >= 15 is 0 Å². The number of rotatable bonds is 14. The quantitative estimate of drug-likeness (QED) is 0.0334.